The summed E-state index contributed by atoms with van der Waals surface area (Å²) in [6.45, 7) is 5.39. The summed E-state index contributed by atoms with van der Waals surface area (Å²) in [5.74, 6) is 0.241. The Hall–Kier alpha value is -1.33. The van der Waals surface area contributed by atoms with E-state index < -0.39 is 7.12 Å². The minimum Gasteiger partial charge on any atom is -0.491 e. The van der Waals surface area contributed by atoms with Crippen molar-refractivity contribution in [1.29, 1.82) is 0 Å². The van der Waals surface area contributed by atoms with Crippen LogP contribution in [0.25, 0.3) is 0 Å². The van der Waals surface area contributed by atoms with E-state index >= 15 is 0 Å². The first-order chi connectivity index (χ1) is 7.45. The van der Waals surface area contributed by atoms with E-state index in [1.807, 2.05) is 13.8 Å². The third kappa shape index (κ3) is 2.84. The van der Waals surface area contributed by atoms with Crippen LogP contribution in [0.1, 0.15) is 29.8 Å². The molecule has 0 fully saturated rings. The molecule has 0 aliphatic rings. The van der Waals surface area contributed by atoms with Gasteiger partial charge in [0.25, 0.3) is 0 Å². The fraction of sp³-hybridized carbons (Fsp3) is 0.364. The lowest BCUT2D eigenvalue weighted by atomic mass is 9.77. The van der Waals surface area contributed by atoms with Crippen LogP contribution in [-0.2, 0) is 0 Å². The molecule has 1 aromatic rings. The van der Waals surface area contributed by atoms with Crippen LogP contribution < -0.4 is 10.2 Å². The Bertz CT molecular complexity index is 388. The predicted molar refractivity (Wildman–Crippen MR) is 62.2 cm³/mol. The molecule has 86 valence electrons. The summed E-state index contributed by atoms with van der Waals surface area (Å²) in [5.41, 5.74) is 1.33. The first-order valence-corrected chi connectivity index (χ1v) is 5.08. The van der Waals surface area contributed by atoms with Crippen molar-refractivity contribution in [2.24, 2.45) is 0 Å². The largest absolute Gasteiger partial charge is 0.492 e. The van der Waals surface area contributed by atoms with E-state index in [1.54, 1.807) is 19.1 Å². The van der Waals surface area contributed by atoms with Crippen LogP contribution in [0.5, 0.6) is 5.75 Å². The SMILES string of the molecule is Cc1cc(C=O)c(OC(C)C)c(B(O)O)c1. The summed E-state index contributed by atoms with van der Waals surface area (Å²) in [6.07, 6.45) is 0.509. The van der Waals surface area contributed by atoms with Crippen molar-refractivity contribution in [3.63, 3.8) is 0 Å². The van der Waals surface area contributed by atoms with Crippen LogP contribution >= 0.6 is 0 Å². The average molecular weight is 222 g/mol. The van der Waals surface area contributed by atoms with Crippen molar-refractivity contribution in [3.8, 4) is 5.75 Å². The Balaban J connectivity index is 3.32. The molecule has 0 atom stereocenters. The Morgan fingerprint density at radius 2 is 2.00 bits per heavy atom. The zero-order chi connectivity index (χ0) is 12.3. The number of ether oxygens (including phenoxy) is 1. The van der Waals surface area contributed by atoms with E-state index in [-0.39, 0.29) is 17.3 Å². The smallest absolute Gasteiger partial charge is 0.491 e. The van der Waals surface area contributed by atoms with Crippen LogP contribution in [0.4, 0.5) is 0 Å². The molecule has 0 saturated heterocycles. The maximum absolute atomic E-state index is 10.9. The van der Waals surface area contributed by atoms with Crippen molar-refractivity contribution in [3.05, 3.63) is 23.3 Å². The highest BCUT2D eigenvalue weighted by Crippen LogP contribution is 2.18. The number of benzene rings is 1. The first kappa shape index (κ1) is 12.7. The fourth-order valence-corrected chi connectivity index (χ4v) is 1.48. The van der Waals surface area contributed by atoms with Gasteiger partial charge in [-0.25, -0.2) is 0 Å². The number of aldehydes is 1. The molecule has 0 saturated carbocycles. The maximum Gasteiger partial charge on any atom is 0.492 e. The molecular weight excluding hydrogens is 207 g/mol. The van der Waals surface area contributed by atoms with E-state index in [0.29, 0.717) is 11.8 Å². The molecule has 1 aromatic carbocycles. The predicted octanol–water partition coefficient (Wildman–Crippen LogP) is 0.275. The highest BCUT2D eigenvalue weighted by atomic mass is 16.5. The average Bonchev–Trinajstić information content (AvgIpc) is 2.19. The molecule has 0 unspecified atom stereocenters. The van der Waals surface area contributed by atoms with Gasteiger partial charge in [0.2, 0.25) is 0 Å². The molecule has 0 aromatic heterocycles. The van der Waals surface area contributed by atoms with Crippen molar-refractivity contribution in [2.75, 3.05) is 0 Å². The Morgan fingerprint density at radius 1 is 1.38 bits per heavy atom. The lowest BCUT2D eigenvalue weighted by Gasteiger charge is -2.16. The lowest BCUT2D eigenvalue weighted by Crippen LogP contribution is -2.33. The van der Waals surface area contributed by atoms with Crippen molar-refractivity contribution < 1.29 is 19.6 Å². The molecule has 0 amide bonds. The van der Waals surface area contributed by atoms with Gasteiger partial charge in [-0.05, 0) is 26.8 Å². The lowest BCUT2D eigenvalue weighted by molar-refractivity contribution is 0.111. The van der Waals surface area contributed by atoms with Crippen molar-refractivity contribution in [2.45, 2.75) is 26.9 Å². The third-order valence-corrected chi connectivity index (χ3v) is 2.05. The Labute approximate surface area is 95.0 Å². The summed E-state index contributed by atoms with van der Waals surface area (Å²) in [5, 5.41) is 18.4. The monoisotopic (exact) mass is 222 g/mol. The molecule has 0 aliphatic heterocycles. The third-order valence-electron chi connectivity index (χ3n) is 2.05. The van der Waals surface area contributed by atoms with Crippen molar-refractivity contribution >= 4 is 18.9 Å². The zero-order valence-electron chi connectivity index (χ0n) is 9.60. The van der Waals surface area contributed by atoms with Crippen LogP contribution in [-0.4, -0.2) is 29.6 Å². The minimum atomic E-state index is -1.65. The highest BCUT2D eigenvalue weighted by molar-refractivity contribution is 6.60. The second kappa shape index (κ2) is 5.14. The summed E-state index contributed by atoms with van der Waals surface area (Å²) in [7, 11) is -1.65. The summed E-state index contributed by atoms with van der Waals surface area (Å²) >= 11 is 0. The normalized spacial score (nSPS) is 10.4. The van der Waals surface area contributed by atoms with Gasteiger partial charge >= 0.3 is 7.12 Å². The number of carbonyl (C=O) groups excluding carboxylic acids is 1. The number of rotatable bonds is 4. The van der Waals surface area contributed by atoms with Gasteiger partial charge in [-0.1, -0.05) is 11.6 Å². The molecule has 16 heavy (non-hydrogen) atoms. The molecule has 0 spiro atoms. The zero-order valence-corrected chi connectivity index (χ0v) is 9.60. The van der Waals surface area contributed by atoms with Crippen LogP contribution in [0.2, 0.25) is 0 Å². The molecule has 5 heteroatoms. The van der Waals surface area contributed by atoms with Gasteiger partial charge in [0.05, 0.1) is 11.7 Å². The molecule has 0 aliphatic carbocycles. The topological polar surface area (TPSA) is 66.8 Å². The van der Waals surface area contributed by atoms with E-state index in [1.165, 1.54) is 0 Å². The van der Waals surface area contributed by atoms with Gasteiger partial charge < -0.3 is 14.8 Å². The van der Waals surface area contributed by atoms with E-state index in [2.05, 4.69) is 0 Å². The molecule has 2 N–H and O–H groups in total. The van der Waals surface area contributed by atoms with Crippen LogP contribution in [0, 0.1) is 6.92 Å². The summed E-state index contributed by atoms with van der Waals surface area (Å²) < 4.78 is 5.43. The number of hydrogen-bond donors (Lipinski definition) is 2. The maximum atomic E-state index is 10.9. The van der Waals surface area contributed by atoms with Gasteiger partial charge in [0.15, 0.2) is 6.29 Å². The fourth-order valence-electron chi connectivity index (χ4n) is 1.48. The second-order valence-electron chi connectivity index (χ2n) is 3.93. The summed E-state index contributed by atoms with van der Waals surface area (Å²) in [6, 6.07) is 3.24. The van der Waals surface area contributed by atoms with Crippen molar-refractivity contribution in [1.82, 2.24) is 0 Å². The molecule has 0 bridgehead atoms. The van der Waals surface area contributed by atoms with E-state index in [0.717, 1.165) is 5.56 Å². The molecule has 4 nitrogen and oxygen atoms in total. The second-order valence-corrected chi connectivity index (χ2v) is 3.93. The number of aryl methyl sites for hydroxylation is 1. The standard InChI is InChI=1S/C11H15BO4/c1-7(2)16-11-9(6-13)4-8(3)5-10(11)12(14)15/h4-7,14-15H,1-3H3. The highest BCUT2D eigenvalue weighted by Gasteiger charge is 2.21. The van der Waals surface area contributed by atoms with Crippen LogP contribution in [0.3, 0.4) is 0 Å². The first-order valence-electron chi connectivity index (χ1n) is 5.08. The molecule has 0 radical (unpaired) electrons. The van der Waals surface area contributed by atoms with Gasteiger partial charge in [-0.15, -0.1) is 0 Å². The van der Waals surface area contributed by atoms with Gasteiger partial charge in [-0.2, -0.15) is 0 Å². The van der Waals surface area contributed by atoms with Crippen LogP contribution in [0.15, 0.2) is 12.1 Å². The minimum absolute atomic E-state index is 0.140. The summed E-state index contributed by atoms with van der Waals surface area (Å²) in [4.78, 5) is 10.9. The van der Waals surface area contributed by atoms with Gasteiger partial charge in [0, 0.05) is 5.46 Å². The quantitative estimate of drug-likeness (QED) is 0.567. The Kier molecular flexibility index (Phi) is 4.09. The van der Waals surface area contributed by atoms with E-state index in [4.69, 9.17) is 4.74 Å². The van der Waals surface area contributed by atoms with E-state index in [9.17, 15) is 14.8 Å². The molecular formula is C11H15BO4. The van der Waals surface area contributed by atoms with Gasteiger partial charge in [0.1, 0.15) is 5.75 Å². The van der Waals surface area contributed by atoms with Gasteiger partial charge in [-0.3, -0.25) is 4.79 Å². The number of carbonyl (C=O) groups is 1. The molecule has 1 rings (SSSR count). The Morgan fingerprint density at radius 3 is 2.44 bits per heavy atom. The molecule has 0 heterocycles. The number of hydrogen-bond acceptors (Lipinski definition) is 4.